The Morgan fingerprint density at radius 3 is 2.33 bits per heavy atom. The fourth-order valence-corrected chi connectivity index (χ4v) is 3.84. The van der Waals surface area contributed by atoms with E-state index in [1.165, 1.54) is 14.1 Å². The van der Waals surface area contributed by atoms with E-state index in [4.69, 9.17) is 0 Å². The van der Waals surface area contributed by atoms with Crippen molar-refractivity contribution in [3.05, 3.63) is 62.9 Å². The second kappa shape index (κ2) is 7.12. The lowest BCUT2D eigenvalue weighted by Gasteiger charge is -2.21. The maximum absolute atomic E-state index is 12.8. The van der Waals surface area contributed by atoms with E-state index < -0.39 is 32.8 Å². The molecule has 1 heterocycles. The Morgan fingerprint density at radius 2 is 1.75 bits per heavy atom. The van der Waals surface area contributed by atoms with Gasteiger partial charge in [0.25, 0.3) is 5.56 Å². The maximum atomic E-state index is 12.8. The molecule has 130 valence electrons. The minimum Gasteiger partial charge on any atom is -0.395 e. The number of sulfonamides is 1. The standard InChI is InChI=1S/C15H19N3O5S/c1-16-11-13(14(20)17(2)15(16)21)24(22,23)18(8-9-19)10-12-6-4-3-5-7-12/h3-7,11,19H,8-10H2,1-2H3. The number of aliphatic hydroxyl groups is 1. The van der Waals surface area contributed by atoms with Crippen molar-refractivity contribution in [1.82, 2.24) is 13.4 Å². The zero-order valence-electron chi connectivity index (χ0n) is 13.4. The minimum absolute atomic E-state index is 0.00965. The van der Waals surface area contributed by atoms with Crippen molar-refractivity contribution in [2.24, 2.45) is 14.1 Å². The molecule has 8 nitrogen and oxygen atoms in total. The van der Waals surface area contributed by atoms with Crippen molar-refractivity contribution in [2.75, 3.05) is 13.2 Å². The summed E-state index contributed by atoms with van der Waals surface area (Å²) in [6.45, 7) is -0.545. The van der Waals surface area contributed by atoms with Gasteiger partial charge in [-0.3, -0.25) is 9.36 Å². The monoisotopic (exact) mass is 353 g/mol. The van der Waals surface area contributed by atoms with Gasteiger partial charge in [0, 0.05) is 33.4 Å². The number of aryl methyl sites for hydroxylation is 1. The Kier molecular flexibility index (Phi) is 5.37. The molecule has 0 saturated carbocycles. The van der Waals surface area contributed by atoms with Crippen molar-refractivity contribution in [2.45, 2.75) is 11.4 Å². The number of hydrogen-bond acceptors (Lipinski definition) is 5. The Labute approximate surface area is 139 Å². The van der Waals surface area contributed by atoms with Gasteiger partial charge >= 0.3 is 5.69 Å². The van der Waals surface area contributed by atoms with Crippen LogP contribution in [0.25, 0.3) is 0 Å². The van der Waals surface area contributed by atoms with Gasteiger partial charge in [-0.2, -0.15) is 4.31 Å². The molecule has 1 aromatic heterocycles. The highest BCUT2D eigenvalue weighted by Gasteiger charge is 2.28. The molecule has 24 heavy (non-hydrogen) atoms. The van der Waals surface area contributed by atoms with E-state index >= 15 is 0 Å². The fourth-order valence-electron chi connectivity index (χ4n) is 2.27. The van der Waals surface area contributed by atoms with Crippen molar-refractivity contribution < 1.29 is 13.5 Å². The Balaban J connectivity index is 2.54. The summed E-state index contributed by atoms with van der Waals surface area (Å²) < 4.78 is 28.5. The second-order valence-electron chi connectivity index (χ2n) is 5.30. The van der Waals surface area contributed by atoms with Gasteiger partial charge in [0.05, 0.1) is 6.61 Å². The van der Waals surface area contributed by atoms with E-state index in [-0.39, 0.29) is 13.1 Å². The average molecular weight is 353 g/mol. The second-order valence-corrected chi connectivity index (χ2v) is 7.21. The largest absolute Gasteiger partial charge is 0.395 e. The molecular weight excluding hydrogens is 334 g/mol. The van der Waals surface area contributed by atoms with Crippen LogP contribution < -0.4 is 11.2 Å². The smallest absolute Gasteiger partial charge is 0.330 e. The summed E-state index contributed by atoms with van der Waals surface area (Å²) in [6, 6.07) is 8.84. The molecule has 1 aromatic carbocycles. The molecule has 0 atom stereocenters. The van der Waals surface area contributed by atoms with Crippen LogP contribution in [0.1, 0.15) is 5.56 Å². The third-order valence-electron chi connectivity index (χ3n) is 3.58. The third kappa shape index (κ3) is 3.48. The van der Waals surface area contributed by atoms with Crippen LogP contribution in [0.4, 0.5) is 0 Å². The fraction of sp³-hybridized carbons (Fsp3) is 0.333. The summed E-state index contributed by atoms with van der Waals surface area (Å²) in [6.07, 6.45) is 1.01. The summed E-state index contributed by atoms with van der Waals surface area (Å²) in [4.78, 5) is 23.5. The molecule has 0 fully saturated rings. The first kappa shape index (κ1) is 18.1. The van der Waals surface area contributed by atoms with Crippen molar-refractivity contribution in [1.29, 1.82) is 0 Å². The minimum atomic E-state index is -4.17. The molecular formula is C15H19N3O5S. The van der Waals surface area contributed by atoms with Crippen LogP contribution in [0, 0.1) is 0 Å². The molecule has 0 aliphatic heterocycles. The summed E-state index contributed by atoms with van der Waals surface area (Å²) in [7, 11) is -1.58. The van der Waals surface area contributed by atoms with E-state index in [1.54, 1.807) is 30.3 Å². The first-order valence-electron chi connectivity index (χ1n) is 7.20. The van der Waals surface area contributed by atoms with Crippen LogP contribution >= 0.6 is 0 Å². The Hall–Kier alpha value is -2.23. The normalized spacial score (nSPS) is 11.8. The quantitative estimate of drug-likeness (QED) is 0.738. The SMILES string of the molecule is Cn1cc(S(=O)(=O)N(CCO)Cc2ccccc2)c(=O)n(C)c1=O. The number of aromatic nitrogens is 2. The molecule has 1 N–H and O–H groups in total. The van der Waals surface area contributed by atoms with Gasteiger partial charge < -0.3 is 9.67 Å². The molecule has 0 bridgehead atoms. The van der Waals surface area contributed by atoms with Gasteiger partial charge in [-0.1, -0.05) is 30.3 Å². The number of rotatable bonds is 6. The lowest BCUT2D eigenvalue weighted by molar-refractivity contribution is 0.251. The highest BCUT2D eigenvalue weighted by atomic mass is 32.2. The molecule has 0 aliphatic carbocycles. The van der Waals surface area contributed by atoms with Crippen LogP contribution in [-0.4, -0.2) is 40.1 Å². The molecule has 0 amide bonds. The highest BCUT2D eigenvalue weighted by molar-refractivity contribution is 7.89. The van der Waals surface area contributed by atoms with Gasteiger partial charge in [0.15, 0.2) is 4.90 Å². The van der Waals surface area contributed by atoms with Gasteiger partial charge in [0.1, 0.15) is 0 Å². The van der Waals surface area contributed by atoms with Crippen molar-refractivity contribution >= 4 is 10.0 Å². The summed E-state index contributed by atoms with van der Waals surface area (Å²) in [5.41, 5.74) is -0.791. The molecule has 0 aliphatic rings. The molecule has 9 heteroatoms. The summed E-state index contributed by atoms with van der Waals surface area (Å²) in [5.74, 6) is 0. The molecule has 0 radical (unpaired) electrons. The molecule has 0 saturated heterocycles. The molecule has 2 aromatic rings. The topological polar surface area (TPSA) is 102 Å². The number of aliphatic hydroxyl groups excluding tert-OH is 1. The first-order valence-corrected chi connectivity index (χ1v) is 8.64. The lowest BCUT2D eigenvalue weighted by Crippen LogP contribution is -2.43. The number of benzene rings is 1. The first-order chi connectivity index (χ1) is 11.3. The van der Waals surface area contributed by atoms with E-state index in [0.717, 1.165) is 25.2 Å². The van der Waals surface area contributed by atoms with E-state index in [1.807, 2.05) is 0 Å². The zero-order chi connectivity index (χ0) is 17.9. The van der Waals surface area contributed by atoms with Crippen LogP contribution in [-0.2, 0) is 30.7 Å². The maximum Gasteiger partial charge on any atom is 0.330 e. The van der Waals surface area contributed by atoms with Crippen LogP contribution in [0.3, 0.4) is 0 Å². The predicted molar refractivity (Wildman–Crippen MR) is 88.0 cm³/mol. The molecule has 2 rings (SSSR count). The van der Waals surface area contributed by atoms with Crippen molar-refractivity contribution in [3.63, 3.8) is 0 Å². The van der Waals surface area contributed by atoms with E-state index in [9.17, 15) is 23.1 Å². The third-order valence-corrected chi connectivity index (χ3v) is 5.41. The van der Waals surface area contributed by atoms with Gasteiger partial charge in [-0.05, 0) is 5.56 Å². The number of hydrogen-bond donors (Lipinski definition) is 1. The summed E-state index contributed by atoms with van der Waals surface area (Å²) >= 11 is 0. The van der Waals surface area contributed by atoms with Gasteiger partial charge in [0.2, 0.25) is 10.0 Å². The number of nitrogens with zero attached hydrogens (tertiary/aromatic N) is 3. The van der Waals surface area contributed by atoms with Crippen molar-refractivity contribution in [3.8, 4) is 0 Å². The zero-order valence-corrected chi connectivity index (χ0v) is 14.2. The van der Waals surface area contributed by atoms with Crippen LogP contribution in [0.15, 0.2) is 51.0 Å². The summed E-state index contributed by atoms with van der Waals surface area (Å²) in [5, 5.41) is 9.20. The van der Waals surface area contributed by atoms with E-state index in [2.05, 4.69) is 0 Å². The van der Waals surface area contributed by atoms with Gasteiger partial charge in [-0.15, -0.1) is 0 Å². The van der Waals surface area contributed by atoms with Crippen LogP contribution in [0.2, 0.25) is 0 Å². The Morgan fingerprint density at radius 1 is 1.12 bits per heavy atom. The average Bonchev–Trinajstić information content (AvgIpc) is 2.56. The molecule has 0 spiro atoms. The van der Waals surface area contributed by atoms with Gasteiger partial charge in [-0.25, -0.2) is 13.2 Å². The highest BCUT2D eigenvalue weighted by Crippen LogP contribution is 2.14. The Bertz CT molecular complexity index is 932. The molecule has 0 unspecified atom stereocenters. The van der Waals surface area contributed by atoms with E-state index in [0.29, 0.717) is 0 Å². The lowest BCUT2D eigenvalue weighted by atomic mass is 10.2. The predicted octanol–water partition coefficient (Wildman–Crippen LogP) is -0.733. The van der Waals surface area contributed by atoms with Crippen LogP contribution in [0.5, 0.6) is 0 Å².